The maximum Gasteiger partial charge on any atom is 0.573 e. The molecule has 0 aliphatic rings. The normalized spacial score (nSPS) is 11.3. The molecule has 0 bridgehead atoms. The fourth-order valence-corrected chi connectivity index (χ4v) is 2.27. The quantitative estimate of drug-likeness (QED) is 0.774. The molecule has 0 spiro atoms. The van der Waals surface area contributed by atoms with Crippen LogP contribution in [0.5, 0.6) is 5.75 Å². The molecule has 122 valence electrons. The lowest BCUT2D eigenvalue weighted by Crippen LogP contribution is -2.19. The van der Waals surface area contributed by atoms with Crippen LogP contribution in [0, 0.1) is 0 Å². The largest absolute Gasteiger partial charge is 0.573 e. The van der Waals surface area contributed by atoms with Crippen LogP contribution in [0.1, 0.15) is 10.4 Å². The molecule has 4 nitrogen and oxygen atoms in total. The molecular formula is C17H11F3N2O2. The van der Waals surface area contributed by atoms with Crippen LogP contribution in [0.15, 0.2) is 60.8 Å². The molecule has 0 saturated carbocycles. The number of hydrogen-bond acceptors (Lipinski definition) is 3. The zero-order valence-corrected chi connectivity index (χ0v) is 12.2. The number of amides is 1. The van der Waals surface area contributed by atoms with Gasteiger partial charge < -0.3 is 10.1 Å². The van der Waals surface area contributed by atoms with Gasteiger partial charge in [-0.05, 0) is 24.3 Å². The van der Waals surface area contributed by atoms with Crippen molar-refractivity contribution >= 4 is 22.5 Å². The van der Waals surface area contributed by atoms with Gasteiger partial charge in [-0.3, -0.25) is 9.78 Å². The fourth-order valence-electron chi connectivity index (χ4n) is 2.27. The van der Waals surface area contributed by atoms with E-state index < -0.39 is 18.0 Å². The minimum Gasteiger partial charge on any atom is -0.404 e. The number of hydrogen-bond donors (Lipinski definition) is 1. The van der Waals surface area contributed by atoms with Gasteiger partial charge in [0.15, 0.2) is 5.75 Å². The van der Waals surface area contributed by atoms with E-state index in [2.05, 4.69) is 15.0 Å². The van der Waals surface area contributed by atoms with Gasteiger partial charge in [-0.2, -0.15) is 0 Å². The Balaban J connectivity index is 1.93. The van der Waals surface area contributed by atoms with E-state index in [1.54, 1.807) is 24.3 Å². The summed E-state index contributed by atoms with van der Waals surface area (Å²) < 4.78 is 41.3. The first-order valence-electron chi connectivity index (χ1n) is 6.94. The number of fused-ring (bicyclic) bond motifs is 1. The Kier molecular flexibility index (Phi) is 4.07. The van der Waals surface area contributed by atoms with Gasteiger partial charge in [-0.25, -0.2) is 0 Å². The Morgan fingerprint density at radius 1 is 1.00 bits per heavy atom. The Labute approximate surface area is 134 Å². The van der Waals surface area contributed by atoms with Gasteiger partial charge in [-0.1, -0.05) is 30.3 Å². The van der Waals surface area contributed by atoms with Crippen LogP contribution in [0.3, 0.4) is 0 Å². The molecule has 1 N–H and O–H groups in total. The topological polar surface area (TPSA) is 51.2 Å². The molecule has 1 amide bonds. The predicted molar refractivity (Wildman–Crippen MR) is 82.8 cm³/mol. The summed E-state index contributed by atoms with van der Waals surface area (Å²) in [7, 11) is 0. The van der Waals surface area contributed by atoms with Gasteiger partial charge in [0.25, 0.3) is 5.91 Å². The van der Waals surface area contributed by atoms with E-state index in [0.29, 0.717) is 16.5 Å². The highest BCUT2D eigenvalue weighted by molar-refractivity contribution is 6.12. The summed E-state index contributed by atoms with van der Waals surface area (Å²) in [5, 5.41) is 3.05. The van der Waals surface area contributed by atoms with Gasteiger partial charge in [0, 0.05) is 11.6 Å². The van der Waals surface area contributed by atoms with Crippen molar-refractivity contribution in [3.05, 3.63) is 66.4 Å². The van der Waals surface area contributed by atoms with Crippen LogP contribution >= 0.6 is 0 Å². The highest BCUT2D eigenvalue weighted by Gasteiger charge is 2.32. The zero-order valence-electron chi connectivity index (χ0n) is 12.2. The number of aromatic nitrogens is 1. The molecule has 7 heteroatoms. The van der Waals surface area contributed by atoms with Crippen LogP contribution in [-0.2, 0) is 0 Å². The first-order valence-corrected chi connectivity index (χ1v) is 6.94. The minimum absolute atomic E-state index is 0.0688. The number of carbonyl (C=O) groups is 1. The van der Waals surface area contributed by atoms with E-state index in [0.717, 1.165) is 6.07 Å². The fraction of sp³-hybridized carbons (Fsp3) is 0.0588. The molecule has 0 fully saturated rings. The predicted octanol–water partition coefficient (Wildman–Crippen LogP) is 4.39. The maximum atomic E-state index is 12.5. The van der Waals surface area contributed by atoms with Gasteiger partial charge in [0.2, 0.25) is 0 Å². The van der Waals surface area contributed by atoms with Crippen molar-refractivity contribution in [2.45, 2.75) is 6.36 Å². The molecule has 0 saturated heterocycles. The van der Waals surface area contributed by atoms with E-state index in [1.807, 2.05) is 0 Å². The van der Waals surface area contributed by atoms with Crippen LogP contribution < -0.4 is 10.1 Å². The Bertz CT molecular complexity index is 889. The summed E-state index contributed by atoms with van der Waals surface area (Å²) in [6, 6.07) is 13.9. The molecule has 2 aromatic carbocycles. The van der Waals surface area contributed by atoms with Crippen LogP contribution in [0.2, 0.25) is 0 Å². The molecule has 0 aliphatic carbocycles. The molecule has 0 aliphatic heterocycles. The molecule has 0 radical (unpaired) electrons. The SMILES string of the molecule is O=C(Nc1ccccc1OC(F)(F)F)c1ccnc2ccccc12. The summed E-state index contributed by atoms with van der Waals surface area (Å²) in [6.45, 7) is 0. The summed E-state index contributed by atoms with van der Waals surface area (Å²) in [5.74, 6) is -1.02. The third-order valence-corrected chi connectivity index (χ3v) is 3.25. The standard InChI is InChI=1S/C17H11F3N2O2/c18-17(19,20)24-15-8-4-3-7-14(15)22-16(23)12-9-10-21-13-6-2-1-5-11(12)13/h1-10H,(H,22,23). The monoisotopic (exact) mass is 332 g/mol. The lowest BCUT2D eigenvalue weighted by Gasteiger charge is -2.14. The Morgan fingerprint density at radius 2 is 1.71 bits per heavy atom. The summed E-state index contributed by atoms with van der Waals surface area (Å²) in [5.41, 5.74) is 0.855. The molecule has 0 atom stereocenters. The number of ether oxygens (including phenoxy) is 1. The van der Waals surface area contributed by atoms with Crippen LogP contribution in [-0.4, -0.2) is 17.3 Å². The number of nitrogens with zero attached hydrogens (tertiary/aromatic N) is 1. The average Bonchev–Trinajstić information content (AvgIpc) is 2.55. The van der Waals surface area contributed by atoms with E-state index in [-0.39, 0.29) is 5.69 Å². The number of para-hydroxylation sites is 3. The van der Waals surface area contributed by atoms with Crippen LogP contribution in [0.4, 0.5) is 18.9 Å². The van der Waals surface area contributed by atoms with Crippen LogP contribution in [0.25, 0.3) is 10.9 Å². The average molecular weight is 332 g/mol. The maximum absolute atomic E-state index is 12.5. The molecular weight excluding hydrogens is 321 g/mol. The van der Waals surface area contributed by atoms with Crippen molar-refractivity contribution in [3.63, 3.8) is 0 Å². The molecule has 0 unspecified atom stereocenters. The highest BCUT2D eigenvalue weighted by atomic mass is 19.4. The minimum atomic E-state index is -4.84. The third-order valence-electron chi connectivity index (χ3n) is 3.25. The first-order chi connectivity index (χ1) is 11.4. The zero-order chi connectivity index (χ0) is 17.2. The van der Waals surface area contributed by atoms with Crippen molar-refractivity contribution in [1.29, 1.82) is 0 Å². The lowest BCUT2D eigenvalue weighted by atomic mass is 10.1. The highest BCUT2D eigenvalue weighted by Crippen LogP contribution is 2.30. The number of carbonyl (C=O) groups excluding carboxylic acids is 1. The Morgan fingerprint density at radius 3 is 2.50 bits per heavy atom. The third kappa shape index (κ3) is 3.45. The smallest absolute Gasteiger partial charge is 0.404 e. The molecule has 1 aromatic heterocycles. The van der Waals surface area contributed by atoms with Gasteiger partial charge in [-0.15, -0.1) is 13.2 Å². The molecule has 1 heterocycles. The second-order valence-corrected chi connectivity index (χ2v) is 4.87. The first kappa shape index (κ1) is 15.8. The number of anilines is 1. The van der Waals surface area contributed by atoms with Crippen molar-refractivity contribution in [2.24, 2.45) is 0 Å². The molecule has 24 heavy (non-hydrogen) atoms. The molecule has 3 aromatic rings. The number of benzene rings is 2. The molecule has 3 rings (SSSR count). The van der Waals surface area contributed by atoms with Gasteiger partial charge >= 0.3 is 6.36 Å². The lowest BCUT2D eigenvalue weighted by molar-refractivity contribution is -0.274. The van der Waals surface area contributed by atoms with Gasteiger partial charge in [0.05, 0.1) is 16.8 Å². The second kappa shape index (κ2) is 6.19. The Hall–Kier alpha value is -3.09. The summed E-state index contributed by atoms with van der Waals surface area (Å²) in [4.78, 5) is 16.6. The number of nitrogens with one attached hydrogen (secondary N) is 1. The van der Waals surface area contributed by atoms with Crippen molar-refractivity contribution in [2.75, 3.05) is 5.32 Å². The van der Waals surface area contributed by atoms with Gasteiger partial charge in [0.1, 0.15) is 0 Å². The number of halogens is 3. The summed E-state index contributed by atoms with van der Waals surface area (Å²) in [6.07, 6.45) is -3.38. The summed E-state index contributed by atoms with van der Waals surface area (Å²) >= 11 is 0. The number of alkyl halides is 3. The van der Waals surface area contributed by atoms with Crippen molar-refractivity contribution < 1.29 is 22.7 Å². The van der Waals surface area contributed by atoms with E-state index >= 15 is 0 Å². The van der Waals surface area contributed by atoms with E-state index in [1.165, 1.54) is 30.5 Å². The number of pyridine rings is 1. The number of rotatable bonds is 3. The second-order valence-electron chi connectivity index (χ2n) is 4.87. The van der Waals surface area contributed by atoms with Crippen molar-refractivity contribution in [1.82, 2.24) is 4.98 Å². The van der Waals surface area contributed by atoms with E-state index in [4.69, 9.17) is 0 Å². The van der Waals surface area contributed by atoms with E-state index in [9.17, 15) is 18.0 Å². The van der Waals surface area contributed by atoms with Crippen molar-refractivity contribution in [3.8, 4) is 5.75 Å².